The van der Waals surface area contributed by atoms with Crippen LogP contribution in [0, 0.1) is 5.92 Å². The van der Waals surface area contributed by atoms with E-state index in [1.54, 1.807) is 0 Å². The molecular formula is C14H29NOS. The molecule has 102 valence electrons. The average Bonchev–Trinajstić information content (AvgIpc) is 2.38. The van der Waals surface area contributed by atoms with Gasteiger partial charge in [-0.15, -0.1) is 0 Å². The van der Waals surface area contributed by atoms with Gasteiger partial charge in [0.05, 0.1) is 0 Å². The van der Waals surface area contributed by atoms with Crippen LogP contribution in [0.15, 0.2) is 0 Å². The maximum Gasteiger partial charge on any atom is 0.0394 e. The van der Waals surface area contributed by atoms with Gasteiger partial charge in [0.2, 0.25) is 0 Å². The van der Waals surface area contributed by atoms with Crippen molar-refractivity contribution in [2.75, 3.05) is 12.3 Å². The fourth-order valence-corrected chi connectivity index (χ4v) is 4.13. The van der Waals surface area contributed by atoms with Crippen LogP contribution in [0.1, 0.15) is 59.3 Å². The highest BCUT2D eigenvalue weighted by atomic mass is 32.2. The molecule has 0 heterocycles. The normalized spacial score (nSPS) is 23.2. The fraction of sp³-hybridized carbons (Fsp3) is 1.00. The van der Waals surface area contributed by atoms with E-state index in [9.17, 15) is 4.21 Å². The van der Waals surface area contributed by atoms with E-state index in [1.807, 2.05) is 0 Å². The average molecular weight is 259 g/mol. The van der Waals surface area contributed by atoms with Crippen molar-refractivity contribution >= 4 is 10.8 Å². The van der Waals surface area contributed by atoms with E-state index < -0.39 is 10.8 Å². The topological polar surface area (TPSA) is 29.1 Å². The van der Waals surface area contributed by atoms with Crippen molar-refractivity contribution in [3.05, 3.63) is 0 Å². The van der Waals surface area contributed by atoms with E-state index in [4.69, 9.17) is 0 Å². The summed E-state index contributed by atoms with van der Waals surface area (Å²) in [6.45, 7) is 7.40. The Bertz CT molecular complexity index is 226. The van der Waals surface area contributed by atoms with E-state index in [0.717, 1.165) is 24.6 Å². The van der Waals surface area contributed by atoms with E-state index in [-0.39, 0.29) is 0 Å². The second-order valence-corrected chi connectivity index (χ2v) is 7.23. The number of hydrogen-bond acceptors (Lipinski definition) is 2. The third kappa shape index (κ3) is 5.09. The Balaban J connectivity index is 2.49. The first kappa shape index (κ1) is 15.2. The molecule has 1 aliphatic rings. The fourth-order valence-electron chi connectivity index (χ4n) is 2.69. The Kier molecular flexibility index (Phi) is 7.36. The van der Waals surface area contributed by atoms with Crippen LogP contribution in [-0.2, 0) is 10.8 Å². The van der Waals surface area contributed by atoms with Gasteiger partial charge in [-0.05, 0) is 31.7 Å². The molecule has 1 rings (SSSR count). The second kappa shape index (κ2) is 8.25. The molecule has 3 unspecified atom stereocenters. The van der Waals surface area contributed by atoms with Gasteiger partial charge in [0.15, 0.2) is 0 Å². The summed E-state index contributed by atoms with van der Waals surface area (Å²) >= 11 is 0. The lowest BCUT2D eigenvalue weighted by molar-refractivity contribution is 0.286. The van der Waals surface area contributed by atoms with Crippen molar-refractivity contribution in [2.45, 2.75) is 70.6 Å². The lowest BCUT2D eigenvalue weighted by atomic mass is 9.84. The van der Waals surface area contributed by atoms with E-state index >= 15 is 0 Å². The van der Waals surface area contributed by atoms with Crippen LogP contribution < -0.4 is 5.32 Å². The highest BCUT2D eigenvalue weighted by Gasteiger charge is 2.25. The molecule has 0 bridgehead atoms. The molecule has 0 saturated heterocycles. The van der Waals surface area contributed by atoms with Gasteiger partial charge in [-0.1, -0.05) is 40.0 Å². The lowest BCUT2D eigenvalue weighted by Gasteiger charge is -2.31. The van der Waals surface area contributed by atoms with E-state index in [1.165, 1.54) is 32.1 Å². The maximum absolute atomic E-state index is 12.2. The monoisotopic (exact) mass is 259 g/mol. The first-order valence-corrected chi connectivity index (χ1v) is 8.67. The standard InChI is InChI=1S/C14H29NOS/c1-4-12(3)17(16)11-14(15-5-2)13-9-7-6-8-10-13/h12-15H,4-11H2,1-3H3. The summed E-state index contributed by atoms with van der Waals surface area (Å²) in [4.78, 5) is 0. The van der Waals surface area contributed by atoms with Gasteiger partial charge in [-0.25, -0.2) is 0 Å². The van der Waals surface area contributed by atoms with Crippen LogP contribution in [-0.4, -0.2) is 27.8 Å². The highest BCUT2D eigenvalue weighted by Crippen LogP contribution is 2.27. The van der Waals surface area contributed by atoms with Crippen LogP contribution in [0.25, 0.3) is 0 Å². The van der Waals surface area contributed by atoms with Gasteiger partial charge in [0, 0.05) is 27.8 Å². The van der Waals surface area contributed by atoms with Crippen LogP contribution in [0.3, 0.4) is 0 Å². The van der Waals surface area contributed by atoms with Crippen LogP contribution in [0.2, 0.25) is 0 Å². The first-order valence-electron chi connectivity index (χ1n) is 7.29. The van der Waals surface area contributed by atoms with Gasteiger partial charge in [0.1, 0.15) is 0 Å². The number of nitrogens with one attached hydrogen (secondary N) is 1. The molecule has 17 heavy (non-hydrogen) atoms. The maximum atomic E-state index is 12.2. The predicted molar refractivity (Wildman–Crippen MR) is 76.8 cm³/mol. The minimum Gasteiger partial charge on any atom is -0.313 e. The van der Waals surface area contributed by atoms with Gasteiger partial charge >= 0.3 is 0 Å². The van der Waals surface area contributed by atoms with Gasteiger partial charge in [-0.3, -0.25) is 4.21 Å². The van der Waals surface area contributed by atoms with Crippen molar-refractivity contribution in [2.24, 2.45) is 5.92 Å². The Hall–Kier alpha value is 0.110. The molecule has 2 nitrogen and oxygen atoms in total. The molecule has 0 amide bonds. The molecule has 3 atom stereocenters. The van der Waals surface area contributed by atoms with Crippen LogP contribution in [0.4, 0.5) is 0 Å². The van der Waals surface area contributed by atoms with Crippen molar-refractivity contribution in [1.82, 2.24) is 5.32 Å². The summed E-state index contributed by atoms with van der Waals surface area (Å²) < 4.78 is 12.2. The van der Waals surface area contributed by atoms with Crippen molar-refractivity contribution in [3.63, 3.8) is 0 Å². The smallest absolute Gasteiger partial charge is 0.0394 e. The zero-order valence-electron chi connectivity index (χ0n) is 11.7. The lowest BCUT2D eigenvalue weighted by Crippen LogP contribution is -2.42. The quantitative estimate of drug-likeness (QED) is 0.761. The molecule has 0 radical (unpaired) electrons. The molecule has 1 saturated carbocycles. The predicted octanol–water partition coefficient (Wildman–Crippen LogP) is 3.09. The summed E-state index contributed by atoms with van der Waals surface area (Å²) in [7, 11) is -0.661. The Morgan fingerprint density at radius 2 is 1.88 bits per heavy atom. The van der Waals surface area contributed by atoms with Gasteiger partial charge < -0.3 is 5.32 Å². The summed E-state index contributed by atoms with van der Waals surface area (Å²) in [6, 6.07) is 0.482. The molecule has 3 heteroatoms. The summed E-state index contributed by atoms with van der Waals surface area (Å²) in [5.41, 5.74) is 0. The molecular weight excluding hydrogens is 230 g/mol. The zero-order chi connectivity index (χ0) is 12.7. The van der Waals surface area contributed by atoms with E-state index in [2.05, 4.69) is 26.1 Å². The Morgan fingerprint density at radius 1 is 1.24 bits per heavy atom. The second-order valence-electron chi connectivity index (χ2n) is 5.33. The Labute approximate surface area is 109 Å². The molecule has 0 spiro atoms. The van der Waals surface area contributed by atoms with Crippen LogP contribution >= 0.6 is 0 Å². The molecule has 0 aromatic heterocycles. The molecule has 1 fully saturated rings. The van der Waals surface area contributed by atoms with Crippen molar-refractivity contribution in [3.8, 4) is 0 Å². The zero-order valence-corrected chi connectivity index (χ0v) is 12.5. The molecule has 0 aromatic rings. The number of hydrogen-bond donors (Lipinski definition) is 1. The van der Waals surface area contributed by atoms with Gasteiger partial charge in [-0.2, -0.15) is 0 Å². The molecule has 0 aliphatic heterocycles. The summed E-state index contributed by atoms with van der Waals surface area (Å²) in [6.07, 6.45) is 7.80. The highest BCUT2D eigenvalue weighted by molar-refractivity contribution is 7.85. The van der Waals surface area contributed by atoms with Gasteiger partial charge in [0.25, 0.3) is 0 Å². The summed E-state index contributed by atoms with van der Waals surface area (Å²) in [5, 5.41) is 3.92. The minimum absolute atomic E-state index is 0.347. The summed E-state index contributed by atoms with van der Waals surface area (Å²) in [5.74, 6) is 1.62. The number of rotatable bonds is 7. The minimum atomic E-state index is -0.661. The first-order chi connectivity index (χ1) is 8.19. The molecule has 1 N–H and O–H groups in total. The third-order valence-corrected chi connectivity index (χ3v) is 5.97. The van der Waals surface area contributed by atoms with Crippen molar-refractivity contribution < 1.29 is 4.21 Å². The van der Waals surface area contributed by atoms with E-state index in [0.29, 0.717) is 11.3 Å². The third-order valence-electron chi connectivity index (χ3n) is 4.05. The largest absolute Gasteiger partial charge is 0.313 e. The van der Waals surface area contributed by atoms with Crippen LogP contribution in [0.5, 0.6) is 0 Å². The molecule has 1 aliphatic carbocycles. The Morgan fingerprint density at radius 3 is 2.41 bits per heavy atom. The van der Waals surface area contributed by atoms with Crippen molar-refractivity contribution in [1.29, 1.82) is 0 Å². The molecule has 0 aromatic carbocycles. The SMILES string of the molecule is CCNC(CS(=O)C(C)CC)C1CCCCC1.